The van der Waals surface area contributed by atoms with Crippen LogP contribution in [-0.2, 0) is 4.74 Å². The van der Waals surface area contributed by atoms with Gasteiger partial charge in [-0.2, -0.15) is 0 Å². The number of carbonyl (C=O) groups is 1. The predicted octanol–water partition coefficient (Wildman–Crippen LogP) is 1.59. The molecule has 1 unspecified atom stereocenters. The van der Waals surface area contributed by atoms with Crippen LogP contribution in [0.5, 0.6) is 0 Å². The first-order valence-corrected chi connectivity index (χ1v) is 7.44. The summed E-state index contributed by atoms with van der Waals surface area (Å²) in [4.78, 5) is 18.7. The van der Waals surface area contributed by atoms with Crippen LogP contribution in [0.3, 0.4) is 0 Å². The third kappa shape index (κ3) is 3.10. The molecule has 2 aliphatic rings. The molecule has 2 fully saturated rings. The van der Waals surface area contributed by atoms with Gasteiger partial charge in [-0.25, -0.2) is 4.98 Å². The van der Waals surface area contributed by atoms with E-state index in [9.17, 15) is 4.79 Å². The standard InChI is InChI=1S/C15H21N3O2/c19-15(17-11-13-4-3-9-20-13)12-5-6-14(16-10-12)18-7-1-2-8-18/h5-6,10,13H,1-4,7-9,11H2,(H,17,19). The van der Waals surface area contributed by atoms with Gasteiger partial charge in [-0.1, -0.05) is 0 Å². The van der Waals surface area contributed by atoms with Crippen LogP contribution in [0.2, 0.25) is 0 Å². The molecule has 1 N–H and O–H groups in total. The van der Waals surface area contributed by atoms with E-state index in [0.29, 0.717) is 12.1 Å². The van der Waals surface area contributed by atoms with Gasteiger partial charge in [0.2, 0.25) is 0 Å². The van der Waals surface area contributed by atoms with E-state index in [2.05, 4.69) is 15.2 Å². The molecule has 20 heavy (non-hydrogen) atoms. The number of nitrogens with zero attached hydrogens (tertiary/aromatic N) is 2. The molecule has 0 aromatic carbocycles. The number of ether oxygens (including phenoxy) is 1. The molecule has 1 aromatic heterocycles. The lowest BCUT2D eigenvalue weighted by molar-refractivity contribution is 0.0857. The van der Waals surface area contributed by atoms with Crippen molar-refractivity contribution in [2.24, 2.45) is 0 Å². The lowest BCUT2D eigenvalue weighted by Crippen LogP contribution is -2.31. The summed E-state index contributed by atoms with van der Waals surface area (Å²) >= 11 is 0. The summed E-state index contributed by atoms with van der Waals surface area (Å²) in [5.74, 6) is 0.902. The van der Waals surface area contributed by atoms with Crippen LogP contribution >= 0.6 is 0 Å². The van der Waals surface area contributed by atoms with E-state index in [0.717, 1.165) is 38.4 Å². The van der Waals surface area contributed by atoms with Gasteiger partial charge in [-0.05, 0) is 37.8 Å². The third-order valence-electron chi connectivity index (χ3n) is 3.95. The van der Waals surface area contributed by atoms with Gasteiger partial charge in [0.15, 0.2) is 0 Å². The van der Waals surface area contributed by atoms with Gasteiger partial charge in [0.05, 0.1) is 11.7 Å². The number of pyridine rings is 1. The minimum atomic E-state index is -0.0685. The molecular formula is C15H21N3O2. The van der Waals surface area contributed by atoms with Gasteiger partial charge in [-0.15, -0.1) is 0 Å². The highest BCUT2D eigenvalue weighted by Gasteiger charge is 2.17. The van der Waals surface area contributed by atoms with Crippen LogP contribution in [-0.4, -0.2) is 43.2 Å². The fourth-order valence-corrected chi connectivity index (χ4v) is 2.77. The average molecular weight is 275 g/mol. The van der Waals surface area contributed by atoms with Crippen LogP contribution in [0, 0.1) is 0 Å². The molecule has 1 aromatic rings. The maximum absolute atomic E-state index is 12.0. The van der Waals surface area contributed by atoms with Crippen molar-refractivity contribution in [3.63, 3.8) is 0 Å². The Balaban J connectivity index is 1.54. The summed E-state index contributed by atoms with van der Waals surface area (Å²) in [5.41, 5.74) is 0.617. The zero-order chi connectivity index (χ0) is 13.8. The van der Waals surface area contributed by atoms with E-state index in [4.69, 9.17) is 4.74 Å². The van der Waals surface area contributed by atoms with Crippen molar-refractivity contribution in [1.82, 2.24) is 10.3 Å². The molecule has 0 bridgehead atoms. The minimum absolute atomic E-state index is 0.0685. The summed E-state index contributed by atoms with van der Waals surface area (Å²) in [6.45, 7) is 3.54. The Morgan fingerprint density at radius 3 is 2.85 bits per heavy atom. The maximum Gasteiger partial charge on any atom is 0.252 e. The Morgan fingerprint density at radius 2 is 2.20 bits per heavy atom. The number of hydrogen-bond acceptors (Lipinski definition) is 4. The predicted molar refractivity (Wildman–Crippen MR) is 77.0 cm³/mol. The van der Waals surface area contributed by atoms with Crippen molar-refractivity contribution in [3.8, 4) is 0 Å². The largest absolute Gasteiger partial charge is 0.376 e. The first-order chi connectivity index (χ1) is 9.83. The molecule has 1 atom stereocenters. The number of rotatable bonds is 4. The summed E-state index contributed by atoms with van der Waals surface area (Å²) in [7, 11) is 0. The zero-order valence-electron chi connectivity index (χ0n) is 11.7. The molecule has 2 aliphatic heterocycles. The highest BCUT2D eigenvalue weighted by Crippen LogP contribution is 2.17. The maximum atomic E-state index is 12.0. The number of aromatic nitrogens is 1. The van der Waals surface area contributed by atoms with Crippen LogP contribution in [0.15, 0.2) is 18.3 Å². The Hall–Kier alpha value is -1.62. The molecule has 5 nitrogen and oxygen atoms in total. The number of amides is 1. The molecule has 5 heteroatoms. The Labute approximate surface area is 119 Å². The van der Waals surface area contributed by atoms with Gasteiger partial charge in [0.1, 0.15) is 5.82 Å². The van der Waals surface area contributed by atoms with Gasteiger partial charge in [0, 0.05) is 32.4 Å². The topological polar surface area (TPSA) is 54.5 Å². The van der Waals surface area contributed by atoms with E-state index in [1.165, 1.54) is 12.8 Å². The van der Waals surface area contributed by atoms with E-state index in [1.807, 2.05) is 12.1 Å². The van der Waals surface area contributed by atoms with E-state index >= 15 is 0 Å². The van der Waals surface area contributed by atoms with Crippen LogP contribution in [0.4, 0.5) is 5.82 Å². The number of anilines is 1. The highest BCUT2D eigenvalue weighted by atomic mass is 16.5. The Morgan fingerprint density at radius 1 is 1.35 bits per heavy atom. The van der Waals surface area contributed by atoms with Crippen molar-refractivity contribution in [2.45, 2.75) is 31.8 Å². The summed E-state index contributed by atoms with van der Waals surface area (Å²) in [5, 5.41) is 2.91. The molecule has 0 saturated carbocycles. The van der Waals surface area contributed by atoms with Gasteiger partial charge in [0.25, 0.3) is 5.91 Å². The second-order valence-electron chi connectivity index (χ2n) is 5.44. The number of carbonyl (C=O) groups excluding carboxylic acids is 1. The number of nitrogens with one attached hydrogen (secondary N) is 1. The molecule has 3 heterocycles. The number of hydrogen-bond donors (Lipinski definition) is 1. The summed E-state index contributed by atoms with van der Waals surface area (Å²) in [6.07, 6.45) is 6.42. The molecular weight excluding hydrogens is 254 g/mol. The lowest BCUT2D eigenvalue weighted by atomic mass is 10.2. The molecule has 3 rings (SSSR count). The van der Waals surface area contributed by atoms with Gasteiger partial charge in [-0.3, -0.25) is 4.79 Å². The Kier molecular flexibility index (Phi) is 4.16. The van der Waals surface area contributed by atoms with Crippen LogP contribution in [0.25, 0.3) is 0 Å². The normalized spacial score (nSPS) is 22.2. The van der Waals surface area contributed by atoms with Gasteiger partial charge >= 0.3 is 0 Å². The van der Waals surface area contributed by atoms with Crippen molar-refractivity contribution < 1.29 is 9.53 Å². The third-order valence-corrected chi connectivity index (χ3v) is 3.95. The van der Waals surface area contributed by atoms with Gasteiger partial charge < -0.3 is 15.0 Å². The highest BCUT2D eigenvalue weighted by molar-refractivity contribution is 5.94. The smallest absolute Gasteiger partial charge is 0.252 e. The minimum Gasteiger partial charge on any atom is -0.376 e. The molecule has 0 aliphatic carbocycles. The second kappa shape index (κ2) is 6.22. The van der Waals surface area contributed by atoms with Crippen molar-refractivity contribution in [1.29, 1.82) is 0 Å². The summed E-state index contributed by atoms with van der Waals surface area (Å²) < 4.78 is 5.49. The van der Waals surface area contributed by atoms with Crippen molar-refractivity contribution >= 4 is 11.7 Å². The first-order valence-electron chi connectivity index (χ1n) is 7.44. The average Bonchev–Trinajstić information content (AvgIpc) is 3.18. The van der Waals surface area contributed by atoms with E-state index in [-0.39, 0.29) is 12.0 Å². The first kappa shape index (κ1) is 13.4. The molecule has 108 valence electrons. The monoisotopic (exact) mass is 275 g/mol. The quantitative estimate of drug-likeness (QED) is 0.906. The zero-order valence-corrected chi connectivity index (χ0v) is 11.7. The SMILES string of the molecule is O=C(NCC1CCCO1)c1ccc(N2CCCC2)nc1. The fraction of sp³-hybridized carbons (Fsp3) is 0.600. The molecule has 1 amide bonds. The Bertz CT molecular complexity index is 449. The molecule has 2 saturated heterocycles. The molecule has 0 radical (unpaired) electrons. The van der Waals surface area contributed by atoms with Crippen LogP contribution < -0.4 is 10.2 Å². The fourth-order valence-electron chi connectivity index (χ4n) is 2.77. The van der Waals surface area contributed by atoms with Crippen molar-refractivity contribution in [3.05, 3.63) is 23.9 Å². The van der Waals surface area contributed by atoms with E-state index < -0.39 is 0 Å². The van der Waals surface area contributed by atoms with Crippen molar-refractivity contribution in [2.75, 3.05) is 31.1 Å². The lowest BCUT2D eigenvalue weighted by Gasteiger charge is -2.16. The summed E-state index contributed by atoms with van der Waals surface area (Å²) in [6, 6.07) is 3.79. The second-order valence-corrected chi connectivity index (χ2v) is 5.44. The van der Waals surface area contributed by atoms with Crippen LogP contribution in [0.1, 0.15) is 36.0 Å². The molecule has 0 spiro atoms. The van der Waals surface area contributed by atoms with E-state index in [1.54, 1.807) is 6.20 Å².